The molecule has 0 aromatic carbocycles. The summed E-state index contributed by atoms with van der Waals surface area (Å²) in [6, 6.07) is -0.438. The average molecular weight is 286 g/mol. The van der Waals surface area contributed by atoms with Crippen molar-refractivity contribution < 1.29 is 19.4 Å². The molecule has 1 rings (SSSR count). The number of ether oxygens (including phenoxy) is 1. The van der Waals surface area contributed by atoms with Crippen molar-refractivity contribution in [3.8, 4) is 0 Å². The highest BCUT2D eigenvalue weighted by Crippen LogP contribution is 2.26. The van der Waals surface area contributed by atoms with Crippen molar-refractivity contribution in [3.63, 3.8) is 0 Å². The van der Waals surface area contributed by atoms with Crippen molar-refractivity contribution in [2.45, 2.75) is 57.8 Å². The third-order valence-corrected chi connectivity index (χ3v) is 3.31. The average Bonchev–Trinajstić information content (AvgIpc) is 2.28. The van der Waals surface area contributed by atoms with E-state index in [9.17, 15) is 14.7 Å². The van der Waals surface area contributed by atoms with Crippen LogP contribution in [0.25, 0.3) is 0 Å². The summed E-state index contributed by atoms with van der Waals surface area (Å²) in [5.41, 5.74) is -0.581. The van der Waals surface area contributed by atoms with Crippen LogP contribution in [0.3, 0.4) is 0 Å². The number of amides is 2. The Morgan fingerprint density at radius 2 is 1.85 bits per heavy atom. The van der Waals surface area contributed by atoms with E-state index in [1.807, 2.05) is 0 Å². The van der Waals surface area contributed by atoms with Crippen LogP contribution in [0.4, 0.5) is 4.79 Å². The van der Waals surface area contributed by atoms with E-state index in [2.05, 4.69) is 5.32 Å². The molecule has 0 bridgehead atoms. The molecule has 0 heterocycles. The van der Waals surface area contributed by atoms with Gasteiger partial charge in [0.2, 0.25) is 5.91 Å². The largest absolute Gasteiger partial charge is 0.444 e. The van der Waals surface area contributed by atoms with Gasteiger partial charge in [0.05, 0.1) is 12.1 Å². The number of hydrogen-bond donors (Lipinski definition) is 2. The Morgan fingerprint density at radius 1 is 1.25 bits per heavy atom. The van der Waals surface area contributed by atoms with Crippen molar-refractivity contribution in [2.75, 3.05) is 14.1 Å². The minimum Gasteiger partial charge on any atom is -0.444 e. The molecule has 0 spiro atoms. The van der Waals surface area contributed by atoms with Gasteiger partial charge in [-0.3, -0.25) is 4.79 Å². The lowest BCUT2D eigenvalue weighted by Gasteiger charge is -2.34. The van der Waals surface area contributed by atoms with Gasteiger partial charge < -0.3 is 20.1 Å². The number of rotatable bonds is 2. The topological polar surface area (TPSA) is 78.9 Å². The van der Waals surface area contributed by atoms with E-state index in [1.54, 1.807) is 39.8 Å². The zero-order valence-corrected chi connectivity index (χ0v) is 13.0. The third-order valence-electron chi connectivity index (χ3n) is 3.31. The molecule has 0 aromatic rings. The van der Waals surface area contributed by atoms with E-state index in [-0.39, 0.29) is 11.8 Å². The van der Waals surface area contributed by atoms with Crippen LogP contribution in [0.2, 0.25) is 0 Å². The van der Waals surface area contributed by atoms with Crippen molar-refractivity contribution >= 4 is 12.0 Å². The third kappa shape index (κ3) is 5.00. The second kappa shape index (κ2) is 6.43. The standard InChI is InChI=1S/C14H26N2O4/c1-14(2,3)20-13(19)15-10-8-9(6-7-11(10)17)12(18)16(4)5/h9-11,17H,6-8H2,1-5H3,(H,15,19)/t9-,10+,11+/m0/s1. The van der Waals surface area contributed by atoms with Gasteiger partial charge >= 0.3 is 6.09 Å². The molecule has 1 fully saturated rings. The predicted octanol–water partition coefficient (Wildman–Crippen LogP) is 1.13. The van der Waals surface area contributed by atoms with E-state index in [0.717, 1.165) is 0 Å². The summed E-state index contributed by atoms with van der Waals surface area (Å²) in [6.07, 6.45) is 0.403. The zero-order valence-electron chi connectivity index (χ0n) is 13.0. The number of nitrogens with one attached hydrogen (secondary N) is 1. The van der Waals surface area contributed by atoms with Gasteiger partial charge in [-0.05, 0) is 40.0 Å². The van der Waals surface area contributed by atoms with Crippen LogP contribution in [0.15, 0.2) is 0 Å². The fourth-order valence-corrected chi connectivity index (χ4v) is 2.36. The molecule has 1 aliphatic carbocycles. The van der Waals surface area contributed by atoms with Crippen molar-refractivity contribution in [1.29, 1.82) is 0 Å². The zero-order chi connectivity index (χ0) is 15.5. The SMILES string of the molecule is CN(C)C(=O)[C@H]1CC[C@@H](O)[C@H](NC(=O)OC(C)(C)C)C1. The number of nitrogens with zero attached hydrogens (tertiary/aromatic N) is 1. The number of hydrogen-bond acceptors (Lipinski definition) is 4. The predicted molar refractivity (Wildman–Crippen MR) is 75.2 cm³/mol. The van der Waals surface area contributed by atoms with E-state index in [0.29, 0.717) is 19.3 Å². The second-order valence-electron chi connectivity index (χ2n) is 6.56. The van der Waals surface area contributed by atoms with Crippen LogP contribution < -0.4 is 5.32 Å². The molecule has 6 heteroatoms. The first-order valence-electron chi connectivity index (χ1n) is 6.99. The van der Waals surface area contributed by atoms with Crippen LogP contribution in [-0.2, 0) is 9.53 Å². The quantitative estimate of drug-likeness (QED) is 0.797. The fraction of sp³-hybridized carbons (Fsp3) is 0.857. The normalized spacial score (nSPS) is 26.8. The molecule has 116 valence electrons. The molecular formula is C14H26N2O4. The van der Waals surface area contributed by atoms with Crippen LogP contribution in [0.5, 0.6) is 0 Å². The Balaban J connectivity index is 2.59. The maximum absolute atomic E-state index is 12.0. The molecule has 1 saturated carbocycles. The molecule has 3 atom stereocenters. The smallest absolute Gasteiger partial charge is 0.407 e. The van der Waals surface area contributed by atoms with Crippen LogP contribution in [0, 0.1) is 5.92 Å². The van der Waals surface area contributed by atoms with Crippen molar-refractivity contribution in [3.05, 3.63) is 0 Å². The van der Waals surface area contributed by atoms with Gasteiger partial charge in [-0.15, -0.1) is 0 Å². The Kier molecular flexibility index (Phi) is 5.39. The summed E-state index contributed by atoms with van der Waals surface area (Å²) >= 11 is 0. The number of carbonyl (C=O) groups excluding carboxylic acids is 2. The first kappa shape index (κ1) is 16.8. The van der Waals surface area contributed by atoms with Gasteiger partial charge in [-0.25, -0.2) is 4.79 Å². The van der Waals surface area contributed by atoms with Gasteiger partial charge in [0.25, 0.3) is 0 Å². The van der Waals surface area contributed by atoms with E-state index in [4.69, 9.17) is 4.74 Å². The van der Waals surface area contributed by atoms with Crippen LogP contribution >= 0.6 is 0 Å². The Morgan fingerprint density at radius 3 is 2.35 bits per heavy atom. The number of aliphatic hydroxyl groups is 1. The summed E-state index contributed by atoms with van der Waals surface area (Å²) in [4.78, 5) is 25.3. The van der Waals surface area contributed by atoms with Crippen molar-refractivity contribution in [2.24, 2.45) is 5.92 Å². The molecule has 6 nitrogen and oxygen atoms in total. The lowest BCUT2D eigenvalue weighted by atomic mass is 9.83. The lowest BCUT2D eigenvalue weighted by molar-refractivity contribution is -0.135. The van der Waals surface area contributed by atoms with Gasteiger partial charge in [0, 0.05) is 20.0 Å². The maximum Gasteiger partial charge on any atom is 0.407 e. The first-order chi connectivity index (χ1) is 9.10. The Bertz CT molecular complexity index is 363. The maximum atomic E-state index is 12.0. The van der Waals surface area contributed by atoms with E-state index in [1.165, 1.54) is 0 Å². The van der Waals surface area contributed by atoms with Crippen LogP contribution in [-0.4, -0.2) is 53.8 Å². The molecule has 0 aliphatic heterocycles. The number of aliphatic hydroxyl groups excluding tert-OH is 1. The van der Waals surface area contributed by atoms with Gasteiger partial charge in [-0.2, -0.15) is 0 Å². The molecular weight excluding hydrogens is 260 g/mol. The summed E-state index contributed by atoms with van der Waals surface area (Å²) in [5.74, 6) is -0.124. The second-order valence-corrected chi connectivity index (χ2v) is 6.56. The summed E-state index contributed by atoms with van der Waals surface area (Å²) in [5, 5.41) is 12.6. The van der Waals surface area contributed by atoms with Gasteiger partial charge in [0.15, 0.2) is 0 Å². The Hall–Kier alpha value is -1.30. The summed E-state index contributed by atoms with van der Waals surface area (Å²) in [6.45, 7) is 5.34. The van der Waals surface area contributed by atoms with Crippen molar-refractivity contribution in [1.82, 2.24) is 10.2 Å². The molecule has 20 heavy (non-hydrogen) atoms. The van der Waals surface area contributed by atoms with Crippen LogP contribution in [0.1, 0.15) is 40.0 Å². The fourth-order valence-electron chi connectivity index (χ4n) is 2.36. The highest BCUT2D eigenvalue weighted by atomic mass is 16.6. The van der Waals surface area contributed by atoms with E-state index >= 15 is 0 Å². The highest BCUT2D eigenvalue weighted by molar-refractivity contribution is 5.78. The summed E-state index contributed by atoms with van der Waals surface area (Å²) < 4.78 is 5.18. The summed E-state index contributed by atoms with van der Waals surface area (Å²) in [7, 11) is 3.42. The Labute approximate surface area is 120 Å². The van der Waals surface area contributed by atoms with Gasteiger partial charge in [-0.1, -0.05) is 0 Å². The van der Waals surface area contributed by atoms with Gasteiger partial charge in [0.1, 0.15) is 5.60 Å². The monoisotopic (exact) mass is 286 g/mol. The lowest BCUT2D eigenvalue weighted by Crippen LogP contribution is -2.50. The van der Waals surface area contributed by atoms with E-state index < -0.39 is 23.8 Å². The highest BCUT2D eigenvalue weighted by Gasteiger charge is 2.35. The molecule has 0 radical (unpaired) electrons. The molecule has 0 unspecified atom stereocenters. The number of alkyl carbamates (subject to hydrolysis) is 1. The molecule has 1 aliphatic rings. The molecule has 2 N–H and O–H groups in total. The first-order valence-corrected chi connectivity index (χ1v) is 6.99. The number of carbonyl (C=O) groups is 2. The minimum atomic E-state index is -0.631. The minimum absolute atomic E-state index is 0.0351. The molecule has 0 saturated heterocycles. The molecule has 2 amide bonds. The molecule has 0 aromatic heterocycles.